The molecule has 0 radical (unpaired) electrons. The Kier molecular flexibility index (Phi) is 25.2. The fourth-order valence-corrected chi connectivity index (χ4v) is 1.25. The molecule has 0 saturated carbocycles. The first-order chi connectivity index (χ1) is 3.71. The Bertz CT molecular complexity index is 173. The van der Waals surface area contributed by atoms with Gasteiger partial charge in [0.15, 0.2) is 0 Å². The van der Waals surface area contributed by atoms with Crippen LogP contribution in [0.3, 0.4) is 0 Å². The molecule has 13 heavy (non-hydrogen) atoms. The van der Waals surface area contributed by atoms with E-state index in [9.17, 15) is 9.13 Å². The fourth-order valence-electron chi connectivity index (χ4n) is 0.139. The first-order valence-corrected chi connectivity index (χ1v) is 4.59. The molecule has 0 heterocycles. The van der Waals surface area contributed by atoms with E-state index in [-0.39, 0.29) is 77.9 Å². The van der Waals surface area contributed by atoms with Crippen LogP contribution in [0.5, 0.6) is 0 Å². The predicted molar refractivity (Wildman–Crippen MR) is 28.5 cm³/mol. The molecule has 0 aromatic carbocycles. The van der Waals surface area contributed by atoms with Crippen LogP contribution in [0.1, 0.15) is 4.28 Å². The average molecular weight is 258 g/mol. The number of rotatable bonds is 2. The van der Waals surface area contributed by atoms with Crippen LogP contribution in [0.25, 0.3) is 0 Å². The molecule has 0 aliphatic rings. The largest absolute Gasteiger partial charge is 1.00 e. The van der Waals surface area contributed by atoms with Crippen molar-refractivity contribution in [3.63, 3.8) is 0 Å². The van der Waals surface area contributed by atoms with Crippen molar-refractivity contribution >= 4 is 15.6 Å². The van der Waals surface area contributed by atoms with Crippen molar-refractivity contribution in [2.45, 2.75) is 0 Å². The molecule has 0 saturated heterocycles. The first-order valence-electron chi connectivity index (χ1n) is 1.53. The Labute approximate surface area is 126 Å². The molecule has 0 aliphatic heterocycles. The molecule has 7 nitrogen and oxygen atoms in total. The van der Waals surface area contributed by atoms with E-state index in [1.807, 2.05) is 0 Å². The average Bonchev–Trinajstić information content (AvgIpc) is 1.14. The molecule has 0 aromatic rings. The summed E-state index contributed by atoms with van der Waals surface area (Å²) < 4.78 is 22.2. The van der Waals surface area contributed by atoms with Crippen LogP contribution in [-0.4, -0.2) is 19.6 Å². The summed E-state index contributed by atoms with van der Waals surface area (Å²) >= 11 is 0. The Morgan fingerprint density at radius 1 is 0.846 bits per heavy atom. The number of hydrogen-bond donors (Lipinski definition) is 4. The molecule has 0 amide bonds. The summed E-state index contributed by atoms with van der Waals surface area (Å²) in [4.78, 5) is 31.0. The van der Waals surface area contributed by atoms with Crippen molar-refractivity contribution in [2.75, 3.05) is 0 Å². The minimum Gasteiger partial charge on any atom is -1.00 e. The Hall–Kier alpha value is 2.57. The first kappa shape index (κ1) is 29.6. The SMILES string of the molecule is O=P(O)(O)OP(=O)(O)O.[Fe].[H-].[H-].[H-].[Li+].[Li+].[Li+]. The van der Waals surface area contributed by atoms with E-state index < -0.39 is 15.6 Å². The second kappa shape index (κ2) is 11.1. The Morgan fingerprint density at radius 3 is 1.00 bits per heavy atom. The van der Waals surface area contributed by atoms with Gasteiger partial charge in [0.2, 0.25) is 0 Å². The summed E-state index contributed by atoms with van der Waals surface area (Å²) in [6.45, 7) is 0. The summed E-state index contributed by atoms with van der Waals surface area (Å²) in [5.74, 6) is 0. The van der Waals surface area contributed by atoms with Crippen molar-refractivity contribution in [1.29, 1.82) is 0 Å². The van der Waals surface area contributed by atoms with E-state index >= 15 is 0 Å². The van der Waals surface area contributed by atoms with E-state index in [1.54, 1.807) is 0 Å². The normalized spacial score (nSPS) is 9.54. The summed E-state index contributed by atoms with van der Waals surface area (Å²) in [7, 11) is -10.1. The molecule has 13 heteroatoms. The van der Waals surface area contributed by atoms with Gasteiger partial charge < -0.3 is 23.9 Å². The van der Waals surface area contributed by atoms with Crippen molar-refractivity contribution in [2.24, 2.45) is 0 Å². The maximum atomic E-state index is 9.63. The summed E-state index contributed by atoms with van der Waals surface area (Å²) in [5, 5.41) is 0. The third-order valence-electron chi connectivity index (χ3n) is 0.213. The molecule has 4 N–H and O–H groups in total. The van der Waals surface area contributed by atoms with Crippen LogP contribution < -0.4 is 56.6 Å². The van der Waals surface area contributed by atoms with E-state index in [2.05, 4.69) is 4.31 Å². The zero-order valence-corrected chi connectivity index (χ0v) is 10.2. The van der Waals surface area contributed by atoms with Crippen molar-refractivity contribution in [3.05, 3.63) is 0 Å². The number of hydrogen-bond acceptors (Lipinski definition) is 3. The molecule has 0 spiro atoms. The number of phosphoric acid groups is 2. The maximum Gasteiger partial charge on any atom is 1.00 e. The molecule has 0 bridgehead atoms. The molecule has 0 unspecified atom stereocenters. The molecule has 0 aromatic heterocycles. The van der Waals surface area contributed by atoms with E-state index in [4.69, 9.17) is 19.6 Å². The second-order valence-corrected chi connectivity index (χ2v) is 3.68. The third-order valence-corrected chi connectivity index (χ3v) is 1.91. The zero-order valence-electron chi connectivity index (χ0n) is 10.3. The maximum absolute atomic E-state index is 9.63. The van der Waals surface area contributed by atoms with E-state index in [0.29, 0.717) is 0 Å². The van der Waals surface area contributed by atoms with Crippen LogP contribution in [0.4, 0.5) is 0 Å². The monoisotopic (exact) mass is 258 g/mol. The Morgan fingerprint density at radius 2 is 1.00 bits per heavy atom. The molecule has 0 aliphatic carbocycles. The summed E-state index contributed by atoms with van der Waals surface area (Å²) in [6, 6.07) is 0. The summed E-state index contributed by atoms with van der Waals surface area (Å²) in [5.41, 5.74) is 0. The molecule has 0 fully saturated rings. The van der Waals surface area contributed by atoms with Gasteiger partial charge in [-0.05, 0) is 0 Å². The van der Waals surface area contributed by atoms with Crippen molar-refractivity contribution in [1.82, 2.24) is 0 Å². The van der Waals surface area contributed by atoms with E-state index in [0.717, 1.165) is 0 Å². The Balaban J connectivity index is -0.0000000152. The van der Waals surface area contributed by atoms with Crippen LogP contribution in [0.2, 0.25) is 0 Å². The molecule has 70 valence electrons. The van der Waals surface area contributed by atoms with Gasteiger partial charge in [0.1, 0.15) is 0 Å². The minimum absolute atomic E-state index is 0. The van der Waals surface area contributed by atoms with Gasteiger partial charge in [-0.3, -0.25) is 0 Å². The van der Waals surface area contributed by atoms with Crippen molar-refractivity contribution < 1.29 is 111 Å². The van der Waals surface area contributed by atoms with Gasteiger partial charge in [0.25, 0.3) is 0 Å². The third kappa shape index (κ3) is 31.3. The second-order valence-electron chi connectivity index (χ2n) is 1.06. The minimum atomic E-state index is -5.05. The quantitative estimate of drug-likeness (QED) is 0.286. The molecule has 0 rings (SSSR count). The van der Waals surface area contributed by atoms with Crippen LogP contribution in [0, 0.1) is 0 Å². The van der Waals surface area contributed by atoms with Crippen LogP contribution in [-0.2, 0) is 30.5 Å². The van der Waals surface area contributed by atoms with E-state index in [1.165, 1.54) is 0 Å². The van der Waals surface area contributed by atoms with Gasteiger partial charge in [0, 0.05) is 17.1 Å². The van der Waals surface area contributed by atoms with Gasteiger partial charge in [-0.25, -0.2) is 9.13 Å². The molecule has 0 atom stereocenters. The topological polar surface area (TPSA) is 124 Å². The van der Waals surface area contributed by atoms with Crippen molar-refractivity contribution in [3.8, 4) is 0 Å². The molecular weight excluding hydrogens is 251 g/mol. The van der Waals surface area contributed by atoms with Gasteiger partial charge in [0.05, 0.1) is 0 Å². The smallest absolute Gasteiger partial charge is 1.00 e. The van der Waals surface area contributed by atoms with Gasteiger partial charge in [-0.15, -0.1) is 0 Å². The van der Waals surface area contributed by atoms with Crippen LogP contribution in [0.15, 0.2) is 0 Å². The predicted octanol–water partition coefficient (Wildman–Crippen LogP) is -9.46. The zero-order chi connectivity index (χ0) is 7.71. The van der Waals surface area contributed by atoms with Gasteiger partial charge in [-0.2, -0.15) is 4.31 Å². The standard InChI is InChI=1S/Fe.3Li.H4O7P2.3H/c;;;;1-8(2,3)7-9(4,5)6;;;/h;;;;(H2,1,2,3)(H2,4,5,6);;;/q;3*+1;;3*-1. The van der Waals surface area contributed by atoms with Crippen LogP contribution >= 0.6 is 15.6 Å². The summed E-state index contributed by atoms with van der Waals surface area (Å²) in [6.07, 6.45) is 0. The van der Waals surface area contributed by atoms with Gasteiger partial charge >= 0.3 is 72.2 Å². The molecular formula is H7FeLi3O7P2. The fraction of sp³-hybridized carbons (Fsp3) is 0. The van der Waals surface area contributed by atoms with Gasteiger partial charge in [-0.1, -0.05) is 0 Å².